The average Bonchev–Trinajstić information content (AvgIpc) is 4.10. The monoisotopic (exact) mass is 1670 g/mol. The molecule has 0 unspecified atom stereocenters. The molecule has 16 bridgehead atoms. The first-order valence-electron chi connectivity index (χ1n) is 27.5. The van der Waals surface area contributed by atoms with Crippen LogP contribution in [0.1, 0.15) is 0 Å². The minimum atomic E-state index is -1.73. The van der Waals surface area contributed by atoms with Gasteiger partial charge in [-0.2, -0.15) is 0 Å². The van der Waals surface area contributed by atoms with Crippen molar-refractivity contribution in [1.29, 1.82) is 0 Å². The molecular formula is C56H72S12Se4Si8. The molecule has 0 nitrogen and oxygen atoms in total. The third-order valence-corrected chi connectivity index (χ3v) is 65.4. The molecule has 24 heteroatoms. The Morgan fingerprint density at radius 2 is 0.275 bits per heavy atom. The summed E-state index contributed by atoms with van der Waals surface area (Å²) in [4.78, 5) is 0. The third-order valence-electron chi connectivity index (χ3n) is 15.0. The van der Waals surface area contributed by atoms with E-state index in [4.69, 9.17) is 0 Å². The van der Waals surface area contributed by atoms with Crippen molar-refractivity contribution in [2.45, 2.75) is 191 Å². The fourth-order valence-corrected chi connectivity index (χ4v) is 89.6. The second-order valence-corrected chi connectivity index (χ2v) is 93.1. The number of rotatable bonds is 8. The zero-order valence-corrected chi connectivity index (χ0v) is 75.2. The van der Waals surface area contributed by atoms with E-state index in [1.807, 2.05) is 41.5 Å². The molecule has 12 aromatic rings. The first kappa shape index (κ1) is 61.7. The van der Waals surface area contributed by atoms with E-state index in [2.05, 4.69) is 295 Å². The van der Waals surface area contributed by atoms with Crippen LogP contribution in [-0.4, -0.2) is 123 Å². The second kappa shape index (κ2) is 20.2. The summed E-state index contributed by atoms with van der Waals surface area (Å²) in [6.07, 6.45) is 0. The Labute approximate surface area is 556 Å². The summed E-state index contributed by atoms with van der Waals surface area (Å²) >= 11 is 28.2. The Hall–Kier alpha value is 2.81. The van der Waals surface area contributed by atoms with E-state index < -0.39 is 64.6 Å². The van der Waals surface area contributed by atoms with Crippen LogP contribution in [0.2, 0.25) is 157 Å². The summed E-state index contributed by atoms with van der Waals surface area (Å²) in [6, 6.07) is 0. The molecule has 424 valence electrons. The van der Waals surface area contributed by atoms with Crippen molar-refractivity contribution in [1.82, 2.24) is 0 Å². The molecule has 0 atom stereocenters. The molecule has 0 amide bonds. The Morgan fingerprint density at radius 3 is 0.362 bits per heavy atom. The third kappa shape index (κ3) is 10.0. The van der Waals surface area contributed by atoms with Crippen LogP contribution in [0.25, 0.3) is 71.7 Å². The van der Waals surface area contributed by atoms with Crippen molar-refractivity contribution in [3.8, 4) is 0 Å². The van der Waals surface area contributed by atoms with E-state index in [0.717, 1.165) is 0 Å². The predicted octanol–water partition coefficient (Wildman–Crippen LogP) is 18.9. The van der Waals surface area contributed by atoms with Gasteiger partial charge in [0.15, 0.2) is 0 Å². The van der Waals surface area contributed by atoms with Crippen molar-refractivity contribution < 1.29 is 0 Å². The van der Waals surface area contributed by atoms with E-state index in [-0.39, 0.29) is 0 Å². The summed E-state index contributed by atoms with van der Waals surface area (Å²) in [7, 11) is -13.8. The maximum atomic E-state index is 2.67. The van der Waals surface area contributed by atoms with Gasteiger partial charge in [0, 0.05) is 0 Å². The van der Waals surface area contributed by atoms with E-state index in [9.17, 15) is 0 Å². The van der Waals surface area contributed by atoms with Gasteiger partial charge >= 0.3 is 564 Å². The fraction of sp³-hybridized carbons (Fsp3) is 0.429. The van der Waals surface area contributed by atoms with Gasteiger partial charge < -0.3 is 0 Å². The van der Waals surface area contributed by atoms with Gasteiger partial charge in [0.2, 0.25) is 0 Å². The summed E-state index contributed by atoms with van der Waals surface area (Å²) in [5.74, 6) is 0. The van der Waals surface area contributed by atoms with E-state index >= 15 is 0 Å². The Kier molecular flexibility index (Phi) is 15.5. The Bertz CT molecular complexity index is 3730. The quantitative estimate of drug-likeness (QED) is 0.139. The van der Waals surface area contributed by atoms with Gasteiger partial charge in [0.25, 0.3) is 0 Å². The van der Waals surface area contributed by atoms with Gasteiger partial charge in [-0.3, -0.25) is 0 Å². The molecule has 12 aromatic heterocycles. The average molecular weight is 1670 g/mol. The van der Waals surface area contributed by atoms with Crippen molar-refractivity contribution >= 4 is 374 Å². The zero-order valence-electron chi connectivity index (χ0n) is 50.5. The van der Waals surface area contributed by atoms with Crippen LogP contribution in [-0.2, 0) is 0 Å². The van der Waals surface area contributed by atoms with Gasteiger partial charge in [0.05, 0.1) is 0 Å². The molecule has 0 radical (unpaired) electrons. The SMILES string of the molecule is C[Si](C)(C)c1c2sc3c1[se]c1c([Si](C)(C)C)c(sc13)Sc1sc3c([se]c4c([Si](C)(C)C)c(sc43)Sc3sc4c([se]c5c([Si](C)(C)C)c(sc54)Sc4sc5c([se]c6c([Si](C)(C)C)c(sc65)S2)c4[Si](C)(C)C)c3[Si](C)(C)C)c1[Si](C)(C)C. The van der Waals surface area contributed by atoms with Gasteiger partial charge in [-0.25, -0.2) is 0 Å². The van der Waals surface area contributed by atoms with E-state index in [1.54, 1.807) is 105 Å². The molecular weight excluding hydrogens is 1600 g/mol. The molecule has 0 spiro atoms. The topological polar surface area (TPSA) is 0 Å². The molecule has 0 N–H and O–H groups in total. The van der Waals surface area contributed by atoms with Crippen LogP contribution >= 0.6 is 138 Å². The molecule has 1 aliphatic heterocycles. The normalized spacial score (nSPS) is 15.3. The standard InChI is InChI=1S/C56H72S12Se4Si8/c1-73(2,3)41-33-25-26-34(69-33)42(74(4,5)6)51(58-26)66-52-45(77(13,14)15)37-29(61-52)30-38(71-37)47(79(19,20)21)55(62-30)68-56-48(80(22,23)24)40-32(64-56)31-39(72-40)46(78(16,17)18)54(63-31)67-53-44(76(10,11)12)36-28(60-53)27-35(70-36)43(75(7,8)9)50(59-27)65-49(41)57-25/h1-24H3. The fourth-order valence-electron chi connectivity index (χ4n) is 11.6. The van der Waals surface area contributed by atoms with Crippen molar-refractivity contribution in [3.63, 3.8) is 0 Å². The maximum absolute atomic E-state index is 2.67. The number of thiophene rings is 8. The molecule has 0 saturated heterocycles. The summed E-state index contributed by atoms with van der Waals surface area (Å²) in [5, 5.41) is 14.5. The molecule has 0 aliphatic carbocycles. The molecule has 0 fully saturated rings. The minimum absolute atomic E-state index is 0.340. The number of hydrogen-bond donors (Lipinski definition) is 0. The van der Waals surface area contributed by atoms with Crippen LogP contribution < -0.4 is 41.5 Å². The predicted molar refractivity (Wildman–Crippen MR) is 417 cm³/mol. The first-order valence-corrected chi connectivity index (χ1v) is 72.2. The van der Waals surface area contributed by atoms with Gasteiger partial charge in [-0.1, -0.05) is 0 Å². The van der Waals surface area contributed by atoms with Crippen molar-refractivity contribution in [3.05, 3.63) is 0 Å². The van der Waals surface area contributed by atoms with Crippen LogP contribution in [0, 0.1) is 0 Å². The van der Waals surface area contributed by atoms with E-state index in [0.29, 0.717) is 58.0 Å². The Balaban J connectivity index is 1.12. The zero-order chi connectivity index (χ0) is 57.8. The van der Waals surface area contributed by atoms with Crippen molar-refractivity contribution in [2.24, 2.45) is 0 Å². The molecule has 80 heavy (non-hydrogen) atoms. The van der Waals surface area contributed by atoms with Crippen LogP contribution in [0.15, 0.2) is 33.7 Å². The van der Waals surface area contributed by atoms with Gasteiger partial charge in [0.1, 0.15) is 0 Å². The van der Waals surface area contributed by atoms with Crippen LogP contribution in [0.3, 0.4) is 0 Å². The number of hydrogen-bond acceptors (Lipinski definition) is 12. The van der Waals surface area contributed by atoms with Crippen LogP contribution in [0.5, 0.6) is 0 Å². The molecule has 0 aromatic carbocycles. The first-order chi connectivity index (χ1) is 36.7. The van der Waals surface area contributed by atoms with Crippen LogP contribution in [0.4, 0.5) is 0 Å². The molecule has 13 rings (SSSR count). The molecule has 13 heterocycles. The van der Waals surface area contributed by atoms with Crippen molar-refractivity contribution in [2.75, 3.05) is 0 Å². The summed E-state index contributed by atoms with van der Waals surface area (Å²) < 4.78 is 41.0. The second-order valence-electron chi connectivity index (χ2n) is 30.2. The summed E-state index contributed by atoms with van der Waals surface area (Å²) in [6.45, 7) is 64.0. The molecule has 1 aliphatic rings. The Morgan fingerprint density at radius 1 is 0.175 bits per heavy atom. The molecule has 0 saturated carbocycles. The van der Waals surface area contributed by atoms with Gasteiger partial charge in [-0.15, -0.1) is 0 Å². The summed E-state index contributed by atoms with van der Waals surface area (Å²) in [5.41, 5.74) is 0. The van der Waals surface area contributed by atoms with Gasteiger partial charge in [-0.05, 0) is 0 Å². The van der Waals surface area contributed by atoms with E-state index in [1.165, 1.54) is 0 Å². The number of fused-ring (bicyclic) bond motifs is 8.